The second kappa shape index (κ2) is 4.26. The zero-order chi connectivity index (χ0) is 12.7. The number of rotatable bonds is 2. The third kappa shape index (κ3) is 1.96. The average Bonchev–Trinajstić information content (AvgIpc) is 3.20. The molecule has 1 N–H and O–H groups in total. The number of hydrogen-bond acceptors (Lipinski definition) is 2. The molecule has 1 amide bonds. The van der Waals surface area contributed by atoms with Crippen LogP contribution in [0, 0.1) is 0 Å². The summed E-state index contributed by atoms with van der Waals surface area (Å²) < 4.78 is 0. The van der Waals surface area contributed by atoms with Crippen LogP contribution in [0.15, 0.2) is 10.9 Å². The van der Waals surface area contributed by atoms with E-state index in [2.05, 4.69) is 4.98 Å². The van der Waals surface area contributed by atoms with Crippen molar-refractivity contribution in [2.45, 2.75) is 44.6 Å². The molecule has 4 nitrogen and oxygen atoms in total. The van der Waals surface area contributed by atoms with E-state index >= 15 is 0 Å². The van der Waals surface area contributed by atoms with E-state index in [1.54, 1.807) is 4.90 Å². The smallest absolute Gasteiger partial charge is 0.254 e. The van der Waals surface area contributed by atoms with Gasteiger partial charge in [0.1, 0.15) is 0 Å². The summed E-state index contributed by atoms with van der Waals surface area (Å²) in [5.74, 6) is 0.0155. The van der Waals surface area contributed by atoms with Crippen LogP contribution in [-0.4, -0.2) is 28.9 Å². The number of H-pyrrole nitrogens is 1. The lowest BCUT2D eigenvalue weighted by molar-refractivity contribution is 0.0783. The number of aromatic nitrogens is 1. The maximum atomic E-state index is 12.4. The number of aryl methyl sites for hydroxylation is 1. The second-order valence-electron chi connectivity index (χ2n) is 5.36. The van der Waals surface area contributed by atoms with Crippen molar-refractivity contribution in [2.75, 3.05) is 7.05 Å². The van der Waals surface area contributed by atoms with E-state index in [4.69, 9.17) is 0 Å². The zero-order valence-corrected chi connectivity index (χ0v) is 10.7. The van der Waals surface area contributed by atoms with E-state index in [-0.39, 0.29) is 11.5 Å². The van der Waals surface area contributed by atoms with Crippen molar-refractivity contribution in [2.24, 2.45) is 0 Å². The van der Waals surface area contributed by atoms with Crippen molar-refractivity contribution in [3.05, 3.63) is 33.2 Å². The van der Waals surface area contributed by atoms with E-state index in [9.17, 15) is 9.59 Å². The number of fused-ring (bicyclic) bond motifs is 1. The molecule has 2 aliphatic carbocycles. The molecule has 1 fully saturated rings. The van der Waals surface area contributed by atoms with Gasteiger partial charge < -0.3 is 9.88 Å². The van der Waals surface area contributed by atoms with E-state index in [1.807, 2.05) is 7.05 Å². The zero-order valence-electron chi connectivity index (χ0n) is 10.7. The Morgan fingerprint density at radius 2 is 2.06 bits per heavy atom. The van der Waals surface area contributed by atoms with Crippen LogP contribution in [0.5, 0.6) is 0 Å². The van der Waals surface area contributed by atoms with Crippen LogP contribution in [0.4, 0.5) is 0 Å². The Morgan fingerprint density at radius 3 is 2.78 bits per heavy atom. The minimum atomic E-state index is -0.150. The first-order chi connectivity index (χ1) is 8.66. The molecule has 18 heavy (non-hydrogen) atoms. The first-order valence-electron chi connectivity index (χ1n) is 6.69. The van der Waals surface area contributed by atoms with Crippen LogP contribution in [0.25, 0.3) is 0 Å². The van der Waals surface area contributed by atoms with Gasteiger partial charge in [0.05, 0.1) is 0 Å². The Balaban J connectivity index is 2.02. The average molecular weight is 246 g/mol. The van der Waals surface area contributed by atoms with Gasteiger partial charge in [0.15, 0.2) is 0 Å². The monoisotopic (exact) mass is 246 g/mol. The Bertz CT molecular complexity index is 543. The van der Waals surface area contributed by atoms with Crippen molar-refractivity contribution in [1.29, 1.82) is 0 Å². The lowest BCUT2D eigenvalue weighted by Gasteiger charge is -2.22. The Hall–Kier alpha value is -1.58. The Morgan fingerprint density at radius 1 is 1.33 bits per heavy atom. The van der Waals surface area contributed by atoms with Gasteiger partial charge in [0.2, 0.25) is 5.56 Å². The largest absolute Gasteiger partial charge is 0.339 e. The summed E-state index contributed by atoms with van der Waals surface area (Å²) >= 11 is 0. The number of nitrogens with one attached hydrogen (secondary N) is 1. The molecule has 1 heterocycles. The second-order valence-corrected chi connectivity index (χ2v) is 5.36. The standard InChI is InChI=1S/C14H18N2O2/c1-16(9-6-7-9)14(18)11-8-13(17)15-12-5-3-2-4-10(11)12/h8-9H,2-7H2,1H3,(H,15,17). The highest BCUT2D eigenvalue weighted by atomic mass is 16.2. The van der Waals surface area contributed by atoms with Crippen LogP contribution in [0.1, 0.15) is 47.3 Å². The molecule has 0 saturated heterocycles. The molecule has 0 radical (unpaired) electrons. The summed E-state index contributed by atoms with van der Waals surface area (Å²) in [5, 5.41) is 0. The van der Waals surface area contributed by atoms with Crippen molar-refractivity contribution in [3.63, 3.8) is 0 Å². The first-order valence-corrected chi connectivity index (χ1v) is 6.69. The molecule has 96 valence electrons. The molecule has 1 aromatic heterocycles. The van der Waals surface area contributed by atoms with Gasteiger partial charge in [0, 0.05) is 30.4 Å². The molecule has 0 aliphatic heterocycles. The van der Waals surface area contributed by atoms with E-state index in [0.717, 1.165) is 49.8 Å². The van der Waals surface area contributed by atoms with Gasteiger partial charge >= 0.3 is 0 Å². The van der Waals surface area contributed by atoms with Crippen LogP contribution in [0.2, 0.25) is 0 Å². The molecule has 0 bridgehead atoms. The molecule has 3 rings (SSSR count). The lowest BCUT2D eigenvalue weighted by atomic mass is 9.92. The highest BCUT2D eigenvalue weighted by Crippen LogP contribution is 2.28. The highest BCUT2D eigenvalue weighted by molar-refractivity contribution is 5.96. The maximum Gasteiger partial charge on any atom is 0.254 e. The van der Waals surface area contributed by atoms with Crippen molar-refractivity contribution in [1.82, 2.24) is 9.88 Å². The van der Waals surface area contributed by atoms with Crippen molar-refractivity contribution in [3.8, 4) is 0 Å². The predicted octanol–water partition coefficient (Wildman–Crippen LogP) is 1.49. The maximum absolute atomic E-state index is 12.4. The van der Waals surface area contributed by atoms with Crippen molar-refractivity contribution < 1.29 is 4.79 Å². The fourth-order valence-corrected chi connectivity index (χ4v) is 2.75. The highest BCUT2D eigenvalue weighted by Gasteiger charge is 2.31. The van der Waals surface area contributed by atoms with Gasteiger partial charge in [0.25, 0.3) is 5.91 Å². The number of aromatic amines is 1. The predicted molar refractivity (Wildman–Crippen MR) is 68.8 cm³/mol. The minimum Gasteiger partial charge on any atom is -0.339 e. The first kappa shape index (κ1) is 11.5. The summed E-state index contributed by atoms with van der Waals surface area (Å²) in [7, 11) is 1.84. The third-order valence-electron chi connectivity index (χ3n) is 3.99. The summed E-state index contributed by atoms with van der Waals surface area (Å²) in [6, 6.07) is 1.86. The number of hydrogen-bond donors (Lipinski definition) is 1. The molecule has 1 saturated carbocycles. The quantitative estimate of drug-likeness (QED) is 0.859. The third-order valence-corrected chi connectivity index (χ3v) is 3.99. The summed E-state index contributed by atoms with van der Waals surface area (Å²) in [6.07, 6.45) is 6.18. The topological polar surface area (TPSA) is 53.2 Å². The number of carbonyl (C=O) groups is 1. The molecule has 1 aromatic rings. The van der Waals surface area contributed by atoms with Gasteiger partial charge in [-0.3, -0.25) is 9.59 Å². The molecule has 0 spiro atoms. The van der Waals surface area contributed by atoms with Gasteiger partial charge in [-0.1, -0.05) is 0 Å². The van der Waals surface area contributed by atoms with Gasteiger partial charge in [-0.15, -0.1) is 0 Å². The molecule has 2 aliphatic rings. The number of amides is 1. The molecular formula is C14H18N2O2. The van der Waals surface area contributed by atoms with Gasteiger partial charge in [-0.05, 0) is 44.1 Å². The lowest BCUT2D eigenvalue weighted by Crippen LogP contribution is -2.32. The normalized spacial score (nSPS) is 18.3. The van der Waals surface area contributed by atoms with E-state index in [1.165, 1.54) is 6.07 Å². The van der Waals surface area contributed by atoms with Crippen molar-refractivity contribution >= 4 is 5.91 Å². The van der Waals surface area contributed by atoms with Crippen LogP contribution >= 0.6 is 0 Å². The van der Waals surface area contributed by atoms with Crippen LogP contribution < -0.4 is 5.56 Å². The Kier molecular flexibility index (Phi) is 2.73. The van der Waals surface area contributed by atoms with Gasteiger partial charge in [-0.25, -0.2) is 0 Å². The Labute approximate surface area is 106 Å². The summed E-state index contributed by atoms with van der Waals surface area (Å²) in [4.78, 5) is 28.7. The minimum absolute atomic E-state index is 0.0155. The molecule has 0 atom stereocenters. The van der Waals surface area contributed by atoms with E-state index in [0.29, 0.717) is 11.6 Å². The molecule has 0 aromatic carbocycles. The van der Waals surface area contributed by atoms with Gasteiger partial charge in [-0.2, -0.15) is 0 Å². The van der Waals surface area contributed by atoms with Crippen LogP contribution in [-0.2, 0) is 12.8 Å². The molecule has 0 unspecified atom stereocenters. The number of carbonyl (C=O) groups excluding carboxylic acids is 1. The number of pyridine rings is 1. The van der Waals surface area contributed by atoms with Crippen LogP contribution in [0.3, 0.4) is 0 Å². The number of nitrogens with zero attached hydrogens (tertiary/aromatic N) is 1. The summed E-state index contributed by atoms with van der Waals surface area (Å²) in [5.41, 5.74) is 2.52. The summed E-state index contributed by atoms with van der Waals surface area (Å²) in [6.45, 7) is 0. The molecular weight excluding hydrogens is 228 g/mol. The van der Waals surface area contributed by atoms with E-state index < -0.39 is 0 Å². The fraction of sp³-hybridized carbons (Fsp3) is 0.571. The fourth-order valence-electron chi connectivity index (χ4n) is 2.75. The SMILES string of the molecule is CN(C(=O)c1cc(=O)[nH]c2c1CCCC2)C1CC1. The molecule has 4 heteroatoms.